The number of H-pyrrole nitrogens is 1. The minimum atomic E-state index is -0.443. The second-order valence-electron chi connectivity index (χ2n) is 7.25. The lowest BCUT2D eigenvalue weighted by molar-refractivity contribution is -0.930. The van der Waals surface area contributed by atoms with Gasteiger partial charge in [0.2, 0.25) is 0 Å². The van der Waals surface area contributed by atoms with Crippen molar-refractivity contribution < 1.29 is 19.2 Å². The van der Waals surface area contributed by atoms with Crippen LogP contribution in [-0.2, 0) is 29.0 Å². The van der Waals surface area contributed by atoms with Crippen LogP contribution in [0.5, 0.6) is 0 Å². The van der Waals surface area contributed by atoms with Crippen LogP contribution >= 0.6 is 11.3 Å². The van der Waals surface area contributed by atoms with Gasteiger partial charge in [-0.2, -0.15) is 0 Å². The van der Waals surface area contributed by atoms with Gasteiger partial charge in [0.15, 0.2) is 5.82 Å². The maximum atomic E-state index is 12.7. The molecule has 0 spiro atoms. The van der Waals surface area contributed by atoms with Crippen LogP contribution in [0.25, 0.3) is 10.2 Å². The Labute approximate surface area is 172 Å². The number of ether oxygens (including phenoxy) is 2. The summed E-state index contributed by atoms with van der Waals surface area (Å²) in [5, 5.41) is 0.469. The molecule has 0 radical (unpaired) electrons. The average molecular weight is 415 g/mol. The van der Waals surface area contributed by atoms with Gasteiger partial charge in [-0.05, 0) is 18.1 Å². The van der Waals surface area contributed by atoms with Crippen LogP contribution < -0.4 is 10.5 Å². The van der Waals surface area contributed by atoms with E-state index in [1.165, 1.54) is 27.4 Å². The lowest BCUT2D eigenvalue weighted by Crippen LogP contribution is -3.10. The number of esters is 1. The number of benzene rings is 1. The van der Waals surface area contributed by atoms with E-state index in [0.29, 0.717) is 39.6 Å². The molecule has 0 bridgehead atoms. The Morgan fingerprint density at radius 2 is 2.07 bits per heavy atom. The fraction of sp³-hybridized carbons (Fsp3) is 0.381. The minimum Gasteiger partial charge on any atom is -0.459 e. The summed E-state index contributed by atoms with van der Waals surface area (Å²) in [5.74, 6) is 0.208. The van der Waals surface area contributed by atoms with E-state index < -0.39 is 5.97 Å². The molecule has 8 heteroatoms. The zero-order valence-corrected chi connectivity index (χ0v) is 17.4. The first-order valence-corrected chi connectivity index (χ1v) is 10.5. The molecule has 2 aromatic heterocycles. The van der Waals surface area contributed by atoms with Crippen LogP contribution in [0.15, 0.2) is 29.1 Å². The summed E-state index contributed by atoms with van der Waals surface area (Å²) in [4.78, 5) is 34.9. The SMILES string of the molecule is COCCOC(=O)c1sc2nc(C[NH+]3CCc4ccccc4C3)[nH]c(=O)c2c1C. The Bertz CT molecular complexity index is 1100. The van der Waals surface area contributed by atoms with Crippen LogP contribution in [0.4, 0.5) is 0 Å². The molecule has 0 fully saturated rings. The van der Waals surface area contributed by atoms with Crippen LogP contribution in [0.1, 0.15) is 32.2 Å². The zero-order valence-electron chi connectivity index (χ0n) is 16.5. The van der Waals surface area contributed by atoms with E-state index >= 15 is 0 Å². The Balaban J connectivity index is 1.56. The van der Waals surface area contributed by atoms with Crippen LogP contribution in [0.3, 0.4) is 0 Å². The topological polar surface area (TPSA) is 85.7 Å². The van der Waals surface area contributed by atoms with Crippen molar-refractivity contribution in [2.24, 2.45) is 0 Å². The van der Waals surface area contributed by atoms with Crippen molar-refractivity contribution in [3.63, 3.8) is 0 Å². The normalized spacial score (nSPS) is 16.0. The van der Waals surface area contributed by atoms with Gasteiger partial charge < -0.3 is 19.4 Å². The van der Waals surface area contributed by atoms with Crippen molar-refractivity contribution >= 4 is 27.5 Å². The molecule has 1 atom stereocenters. The number of thiophene rings is 1. The molecule has 2 N–H and O–H groups in total. The summed E-state index contributed by atoms with van der Waals surface area (Å²) in [6.45, 7) is 4.83. The Hall–Kier alpha value is -2.55. The third-order valence-corrected chi connectivity index (χ3v) is 6.45. The molecule has 0 aliphatic carbocycles. The van der Waals surface area contributed by atoms with Crippen LogP contribution in [0, 0.1) is 6.92 Å². The number of hydrogen-bond acceptors (Lipinski definition) is 6. The molecule has 1 aliphatic rings. The third kappa shape index (κ3) is 4.10. The van der Waals surface area contributed by atoms with Crippen molar-refractivity contribution in [2.75, 3.05) is 26.9 Å². The van der Waals surface area contributed by atoms with E-state index in [9.17, 15) is 9.59 Å². The van der Waals surface area contributed by atoms with Gasteiger partial charge in [0.1, 0.15) is 29.4 Å². The maximum Gasteiger partial charge on any atom is 0.348 e. The van der Waals surface area contributed by atoms with E-state index in [1.54, 1.807) is 14.0 Å². The number of methoxy groups -OCH3 is 1. The number of carbonyl (C=O) groups is 1. The van der Waals surface area contributed by atoms with E-state index in [4.69, 9.17) is 9.47 Å². The monoisotopic (exact) mass is 414 g/mol. The molecular weight excluding hydrogens is 390 g/mol. The zero-order chi connectivity index (χ0) is 20.4. The highest BCUT2D eigenvalue weighted by molar-refractivity contribution is 7.20. The number of nitrogens with one attached hydrogen (secondary N) is 2. The van der Waals surface area contributed by atoms with Gasteiger partial charge in [-0.15, -0.1) is 11.3 Å². The molecule has 1 aliphatic heterocycles. The molecule has 0 saturated heterocycles. The predicted molar refractivity (Wildman–Crippen MR) is 111 cm³/mol. The number of aromatic nitrogens is 2. The third-order valence-electron chi connectivity index (χ3n) is 5.28. The van der Waals surface area contributed by atoms with Gasteiger partial charge in [-0.1, -0.05) is 24.3 Å². The van der Waals surface area contributed by atoms with Crippen LogP contribution in [0.2, 0.25) is 0 Å². The average Bonchev–Trinajstić information content (AvgIpc) is 3.05. The molecule has 29 heavy (non-hydrogen) atoms. The molecule has 0 amide bonds. The van der Waals surface area contributed by atoms with Gasteiger partial charge in [-0.25, -0.2) is 9.78 Å². The summed E-state index contributed by atoms with van der Waals surface area (Å²) in [5.41, 5.74) is 3.17. The molecule has 1 aromatic carbocycles. The smallest absolute Gasteiger partial charge is 0.348 e. The molecule has 3 aromatic rings. The number of nitrogens with zero attached hydrogens (tertiary/aromatic N) is 1. The summed E-state index contributed by atoms with van der Waals surface area (Å²) in [7, 11) is 1.55. The number of aryl methyl sites for hydroxylation is 1. The molecular formula is C21H24N3O4S+. The molecule has 3 heterocycles. The molecule has 7 nitrogen and oxygen atoms in total. The largest absolute Gasteiger partial charge is 0.459 e. The minimum absolute atomic E-state index is 0.178. The van der Waals surface area contributed by atoms with E-state index in [-0.39, 0.29) is 12.2 Å². The highest BCUT2D eigenvalue weighted by Gasteiger charge is 2.23. The lowest BCUT2D eigenvalue weighted by atomic mass is 10.00. The van der Waals surface area contributed by atoms with E-state index in [1.807, 2.05) is 0 Å². The summed E-state index contributed by atoms with van der Waals surface area (Å²) >= 11 is 1.21. The molecule has 4 rings (SSSR count). The summed E-state index contributed by atoms with van der Waals surface area (Å²) < 4.78 is 10.1. The molecule has 152 valence electrons. The second-order valence-corrected chi connectivity index (χ2v) is 8.25. The molecule has 0 saturated carbocycles. The van der Waals surface area contributed by atoms with Gasteiger partial charge in [0, 0.05) is 19.1 Å². The standard InChI is InChI=1S/C21H23N3O4S/c1-13-17-19(25)22-16(12-24-8-7-14-5-3-4-6-15(14)11-24)23-20(17)29-18(13)21(26)28-10-9-27-2/h3-6H,7-12H2,1-2H3,(H,22,23,25)/p+1. The first-order valence-electron chi connectivity index (χ1n) is 9.65. The number of rotatable bonds is 6. The lowest BCUT2D eigenvalue weighted by Gasteiger charge is -2.25. The Morgan fingerprint density at radius 3 is 2.86 bits per heavy atom. The number of fused-ring (bicyclic) bond motifs is 2. The van der Waals surface area contributed by atoms with Gasteiger partial charge >= 0.3 is 5.97 Å². The summed E-state index contributed by atoms with van der Waals surface area (Å²) in [6, 6.07) is 8.49. The molecule has 1 unspecified atom stereocenters. The highest BCUT2D eigenvalue weighted by atomic mass is 32.1. The first kappa shape index (κ1) is 19.8. The van der Waals surface area contributed by atoms with Gasteiger partial charge in [0.05, 0.1) is 18.5 Å². The second kappa shape index (κ2) is 8.44. The maximum absolute atomic E-state index is 12.7. The number of aromatic amines is 1. The van der Waals surface area contributed by atoms with Crippen molar-refractivity contribution in [3.05, 3.63) is 62.0 Å². The van der Waals surface area contributed by atoms with E-state index in [0.717, 1.165) is 19.5 Å². The first-order chi connectivity index (χ1) is 14.1. The highest BCUT2D eigenvalue weighted by Crippen LogP contribution is 2.27. The predicted octanol–water partition coefficient (Wildman–Crippen LogP) is 1.24. The number of hydrogen-bond donors (Lipinski definition) is 2. The quantitative estimate of drug-likeness (QED) is 0.468. The Morgan fingerprint density at radius 1 is 1.28 bits per heavy atom. The number of carbonyl (C=O) groups excluding carboxylic acids is 1. The van der Waals surface area contributed by atoms with Gasteiger partial charge in [-0.3, -0.25) is 4.79 Å². The summed E-state index contributed by atoms with van der Waals surface area (Å²) in [6.07, 6.45) is 1.02. The van der Waals surface area contributed by atoms with Gasteiger partial charge in [0.25, 0.3) is 5.56 Å². The number of quaternary nitrogens is 1. The van der Waals surface area contributed by atoms with Crippen LogP contribution in [-0.4, -0.2) is 42.8 Å². The fourth-order valence-electron chi connectivity index (χ4n) is 3.78. The van der Waals surface area contributed by atoms with Crippen molar-refractivity contribution in [2.45, 2.75) is 26.4 Å². The van der Waals surface area contributed by atoms with Crippen molar-refractivity contribution in [1.82, 2.24) is 9.97 Å². The van der Waals surface area contributed by atoms with E-state index in [2.05, 4.69) is 34.2 Å². The Kier molecular flexibility index (Phi) is 5.75. The fourth-order valence-corrected chi connectivity index (χ4v) is 4.88. The van der Waals surface area contributed by atoms with Crippen molar-refractivity contribution in [1.29, 1.82) is 0 Å². The van der Waals surface area contributed by atoms with Crippen molar-refractivity contribution in [3.8, 4) is 0 Å².